The van der Waals surface area contributed by atoms with Gasteiger partial charge in [-0.2, -0.15) is 0 Å². The van der Waals surface area contributed by atoms with Crippen LogP contribution in [0, 0.1) is 5.82 Å². The van der Waals surface area contributed by atoms with Gasteiger partial charge in [-0.3, -0.25) is 0 Å². The third kappa shape index (κ3) is 4.58. The summed E-state index contributed by atoms with van der Waals surface area (Å²) in [6.45, 7) is 2.61. The molecule has 0 saturated carbocycles. The maximum absolute atomic E-state index is 12.8. The lowest BCUT2D eigenvalue weighted by Crippen LogP contribution is -2.43. The van der Waals surface area contributed by atoms with Gasteiger partial charge in [-0.15, -0.1) is 0 Å². The molecule has 0 heterocycles. The van der Waals surface area contributed by atoms with Crippen LogP contribution in [0.1, 0.15) is 6.92 Å². The fraction of sp³-hybridized carbons (Fsp3) is 0.500. The number of halogens is 1. The normalized spacial score (nSPS) is 14.7. The van der Waals surface area contributed by atoms with E-state index >= 15 is 0 Å². The zero-order chi connectivity index (χ0) is 13.1. The lowest BCUT2D eigenvalue weighted by Gasteiger charge is -2.27. The average Bonchev–Trinajstić information content (AvgIpc) is 2.14. The number of nitrogens with two attached hydrogens (primary N) is 1. The highest BCUT2D eigenvalue weighted by Gasteiger charge is 2.21. The number of hydrogen-bond donors (Lipinski definition) is 3. The number of benzene rings is 1. The Hall–Kier alpha value is -1.33. The molecule has 0 aromatic heterocycles. The van der Waals surface area contributed by atoms with E-state index in [4.69, 9.17) is 5.73 Å². The smallest absolute Gasteiger partial charge is 0.125 e. The standard InChI is InChI=1S/C12H20FN3O/c1-12(17,8-16(2)3)7-15-11-5-4-9(13)6-10(11)14/h4-6,15,17H,7-8,14H2,1-3H3. The van der Waals surface area contributed by atoms with Gasteiger partial charge in [-0.05, 0) is 39.2 Å². The number of likely N-dealkylation sites (N-methyl/N-ethyl adjacent to an activating group) is 1. The number of aliphatic hydroxyl groups is 1. The topological polar surface area (TPSA) is 61.5 Å². The van der Waals surface area contributed by atoms with Crippen molar-refractivity contribution in [2.45, 2.75) is 12.5 Å². The molecule has 0 aliphatic carbocycles. The van der Waals surface area contributed by atoms with E-state index in [1.165, 1.54) is 12.1 Å². The Morgan fingerprint density at radius 2 is 2.12 bits per heavy atom. The predicted molar refractivity (Wildman–Crippen MR) is 68.5 cm³/mol. The molecule has 0 radical (unpaired) electrons. The summed E-state index contributed by atoms with van der Waals surface area (Å²) in [5.74, 6) is -0.367. The third-order valence-corrected chi connectivity index (χ3v) is 2.33. The van der Waals surface area contributed by atoms with Crippen LogP contribution in [0.5, 0.6) is 0 Å². The summed E-state index contributed by atoms with van der Waals surface area (Å²) in [6.07, 6.45) is 0. The van der Waals surface area contributed by atoms with E-state index in [0.29, 0.717) is 24.5 Å². The van der Waals surface area contributed by atoms with Gasteiger partial charge in [0.2, 0.25) is 0 Å². The first kappa shape index (κ1) is 13.7. The number of hydrogen-bond acceptors (Lipinski definition) is 4. The van der Waals surface area contributed by atoms with Crippen LogP contribution >= 0.6 is 0 Å². The molecule has 4 N–H and O–H groups in total. The van der Waals surface area contributed by atoms with Crippen LogP contribution in [0.4, 0.5) is 15.8 Å². The van der Waals surface area contributed by atoms with Gasteiger partial charge in [0.1, 0.15) is 5.82 Å². The zero-order valence-corrected chi connectivity index (χ0v) is 10.5. The Labute approximate surface area is 101 Å². The van der Waals surface area contributed by atoms with Gasteiger partial charge in [-0.25, -0.2) is 4.39 Å². The van der Waals surface area contributed by atoms with Crippen molar-refractivity contribution in [3.63, 3.8) is 0 Å². The van der Waals surface area contributed by atoms with Crippen molar-refractivity contribution in [2.24, 2.45) is 0 Å². The van der Waals surface area contributed by atoms with E-state index < -0.39 is 5.60 Å². The first-order valence-corrected chi connectivity index (χ1v) is 5.46. The lowest BCUT2D eigenvalue weighted by molar-refractivity contribution is 0.0460. The van der Waals surface area contributed by atoms with Crippen LogP contribution in [-0.2, 0) is 0 Å². The van der Waals surface area contributed by atoms with Crippen molar-refractivity contribution in [1.29, 1.82) is 0 Å². The van der Waals surface area contributed by atoms with Crippen molar-refractivity contribution in [3.8, 4) is 0 Å². The van der Waals surface area contributed by atoms with Crippen molar-refractivity contribution < 1.29 is 9.50 Å². The summed E-state index contributed by atoms with van der Waals surface area (Å²) in [5.41, 5.74) is 5.76. The molecule has 96 valence electrons. The molecule has 0 saturated heterocycles. The Balaban J connectivity index is 2.61. The van der Waals surface area contributed by atoms with Gasteiger partial charge in [0.25, 0.3) is 0 Å². The SMILES string of the molecule is CN(C)CC(C)(O)CNc1ccc(F)cc1N. The van der Waals surface area contributed by atoms with Gasteiger partial charge in [0, 0.05) is 13.1 Å². The fourth-order valence-electron chi connectivity index (χ4n) is 1.72. The summed E-state index contributed by atoms with van der Waals surface area (Å²) in [7, 11) is 3.78. The summed E-state index contributed by atoms with van der Waals surface area (Å²) < 4.78 is 12.8. The van der Waals surface area contributed by atoms with Crippen LogP contribution in [0.2, 0.25) is 0 Å². The number of nitrogens with zero attached hydrogens (tertiary/aromatic N) is 1. The number of anilines is 2. The summed E-state index contributed by atoms with van der Waals surface area (Å²) in [6, 6.07) is 4.15. The summed E-state index contributed by atoms with van der Waals surface area (Å²) >= 11 is 0. The van der Waals surface area contributed by atoms with E-state index in [9.17, 15) is 9.50 Å². The van der Waals surface area contributed by atoms with Crippen LogP contribution in [0.25, 0.3) is 0 Å². The molecule has 0 bridgehead atoms. The van der Waals surface area contributed by atoms with E-state index in [2.05, 4.69) is 5.32 Å². The van der Waals surface area contributed by atoms with Crippen molar-refractivity contribution in [2.75, 3.05) is 38.2 Å². The van der Waals surface area contributed by atoms with Crippen molar-refractivity contribution in [3.05, 3.63) is 24.0 Å². The van der Waals surface area contributed by atoms with Crippen molar-refractivity contribution >= 4 is 11.4 Å². The molecule has 1 rings (SSSR count). The molecule has 1 atom stereocenters. The van der Waals surface area contributed by atoms with Crippen LogP contribution in [0.15, 0.2) is 18.2 Å². The molecular weight excluding hydrogens is 221 g/mol. The number of nitrogens with one attached hydrogen (secondary N) is 1. The molecule has 4 nitrogen and oxygen atoms in total. The van der Waals surface area contributed by atoms with Crippen LogP contribution < -0.4 is 11.1 Å². The van der Waals surface area contributed by atoms with Gasteiger partial charge in [0.15, 0.2) is 0 Å². The molecule has 0 aliphatic rings. The van der Waals surface area contributed by atoms with E-state index in [0.717, 1.165) is 0 Å². The lowest BCUT2D eigenvalue weighted by atomic mass is 10.1. The molecule has 0 spiro atoms. The van der Waals surface area contributed by atoms with Gasteiger partial charge < -0.3 is 21.1 Å². The van der Waals surface area contributed by atoms with Gasteiger partial charge in [-0.1, -0.05) is 0 Å². The van der Waals surface area contributed by atoms with Gasteiger partial charge >= 0.3 is 0 Å². The predicted octanol–water partition coefficient (Wildman–Crippen LogP) is 1.13. The minimum absolute atomic E-state index is 0.339. The summed E-state index contributed by atoms with van der Waals surface area (Å²) in [5, 5.41) is 13.1. The zero-order valence-electron chi connectivity index (χ0n) is 10.5. The highest BCUT2D eigenvalue weighted by atomic mass is 19.1. The summed E-state index contributed by atoms with van der Waals surface area (Å²) in [4.78, 5) is 1.90. The highest BCUT2D eigenvalue weighted by Crippen LogP contribution is 2.20. The minimum Gasteiger partial charge on any atom is -0.397 e. The maximum atomic E-state index is 12.8. The third-order valence-electron chi connectivity index (χ3n) is 2.33. The largest absolute Gasteiger partial charge is 0.397 e. The Kier molecular flexibility index (Phi) is 4.31. The van der Waals surface area contributed by atoms with Crippen LogP contribution in [-0.4, -0.2) is 42.8 Å². The second-order valence-corrected chi connectivity index (χ2v) is 4.82. The fourth-order valence-corrected chi connectivity index (χ4v) is 1.72. The average molecular weight is 241 g/mol. The first-order chi connectivity index (χ1) is 7.80. The molecule has 0 aliphatic heterocycles. The number of nitrogen functional groups attached to an aromatic ring is 1. The van der Waals surface area contributed by atoms with E-state index in [1.54, 1.807) is 13.0 Å². The Bertz CT molecular complexity index is 380. The molecule has 0 amide bonds. The molecule has 1 unspecified atom stereocenters. The van der Waals surface area contributed by atoms with E-state index in [1.807, 2.05) is 19.0 Å². The van der Waals surface area contributed by atoms with Crippen molar-refractivity contribution in [1.82, 2.24) is 4.90 Å². The Morgan fingerprint density at radius 3 is 2.65 bits per heavy atom. The first-order valence-electron chi connectivity index (χ1n) is 5.46. The van der Waals surface area contributed by atoms with E-state index in [-0.39, 0.29) is 5.82 Å². The maximum Gasteiger partial charge on any atom is 0.125 e. The monoisotopic (exact) mass is 241 g/mol. The highest BCUT2D eigenvalue weighted by molar-refractivity contribution is 5.65. The van der Waals surface area contributed by atoms with Gasteiger partial charge in [0.05, 0.1) is 17.0 Å². The second-order valence-electron chi connectivity index (χ2n) is 4.82. The molecule has 17 heavy (non-hydrogen) atoms. The molecule has 1 aromatic carbocycles. The Morgan fingerprint density at radius 1 is 1.47 bits per heavy atom. The number of rotatable bonds is 5. The second kappa shape index (κ2) is 5.33. The molecule has 1 aromatic rings. The molecule has 0 fully saturated rings. The minimum atomic E-state index is -0.871. The molecule has 5 heteroatoms. The van der Waals surface area contributed by atoms with Crippen LogP contribution in [0.3, 0.4) is 0 Å². The quantitative estimate of drug-likeness (QED) is 0.676. The molecular formula is C12H20FN3O.